The van der Waals surface area contributed by atoms with Gasteiger partial charge >= 0.3 is 12.2 Å². The third-order valence-electron chi connectivity index (χ3n) is 8.60. The number of carbonyl (C=O) groups is 1. The van der Waals surface area contributed by atoms with Crippen LogP contribution in [0.2, 0.25) is 0 Å². The van der Waals surface area contributed by atoms with Crippen LogP contribution in [0.1, 0.15) is 30.5 Å². The van der Waals surface area contributed by atoms with Crippen molar-refractivity contribution in [3.63, 3.8) is 0 Å². The first kappa shape index (κ1) is 31.2. The van der Waals surface area contributed by atoms with Crippen LogP contribution in [-0.4, -0.2) is 94.2 Å². The van der Waals surface area contributed by atoms with E-state index in [9.17, 15) is 27.6 Å². The monoisotopic (exact) mass is 641 g/mol. The summed E-state index contributed by atoms with van der Waals surface area (Å²) in [4.78, 5) is 34.8. The lowest BCUT2D eigenvalue weighted by Crippen LogP contribution is -2.55. The highest BCUT2D eigenvalue weighted by Crippen LogP contribution is 2.46. The number of likely N-dealkylation sites (N-methyl/N-ethyl adjacent to an activating group) is 1. The van der Waals surface area contributed by atoms with Crippen LogP contribution in [0.5, 0.6) is 11.8 Å². The molecule has 3 aliphatic rings. The maximum atomic E-state index is 14.1. The van der Waals surface area contributed by atoms with Gasteiger partial charge in [-0.25, -0.2) is 14.4 Å². The van der Waals surface area contributed by atoms with Crippen molar-refractivity contribution in [3.8, 4) is 29.1 Å². The number of carbonyl (C=O) groups excluding carboxylic acids is 1. The van der Waals surface area contributed by atoms with Crippen LogP contribution in [0.15, 0.2) is 24.7 Å². The molecule has 0 spiro atoms. The highest BCUT2D eigenvalue weighted by Gasteiger charge is 2.39. The van der Waals surface area contributed by atoms with Crippen LogP contribution < -0.4 is 20.1 Å². The van der Waals surface area contributed by atoms with E-state index in [0.717, 1.165) is 25.6 Å². The summed E-state index contributed by atoms with van der Waals surface area (Å²) >= 11 is 0. The van der Waals surface area contributed by atoms with Crippen LogP contribution in [0.3, 0.4) is 0 Å². The predicted molar refractivity (Wildman–Crippen MR) is 159 cm³/mol. The Morgan fingerprint density at radius 2 is 2.04 bits per heavy atom. The number of alkyl halides is 3. The lowest BCUT2D eigenvalue weighted by atomic mass is 9.97. The van der Waals surface area contributed by atoms with Crippen LogP contribution in [0.4, 0.5) is 29.2 Å². The third kappa shape index (κ3) is 5.82. The average Bonchev–Trinajstić information content (AvgIpc) is 3.67. The van der Waals surface area contributed by atoms with E-state index in [2.05, 4.69) is 32.5 Å². The van der Waals surface area contributed by atoms with Crippen molar-refractivity contribution in [2.24, 2.45) is 0 Å². The molecule has 16 heteroatoms. The summed E-state index contributed by atoms with van der Waals surface area (Å²) in [6.45, 7) is 4.88. The minimum Gasteiger partial charge on any atom is -0.492 e. The molecular formula is C30H31F4N9O3. The molecule has 2 N–H and O–H groups in total. The number of ether oxygens (including phenoxy) is 2. The molecule has 1 aromatic carbocycles. The lowest BCUT2D eigenvalue weighted by Gasteiger charge is -2.41. The Morgan fingerprint density at radius 1 is 1.24 bits per heavy atom. The number of hydrogen-bond acceptors (Lipinski definition) is 11. The minimum absolute atomic E-state index is 0.00567. The minimum atomic E-state index is -4.81. The molecule has 242 valence electrons. The van der Waals surface area contributed by atoms with E-state index >= 15 is 0 Å². The van der Waals surface area contributed by atoms with Crippen LogP contribution in [0.25, 0.3) is 22.2 Å². The Bertz CT molecular complexity index is 1750. The summed E-state index contributed by atoms with van der Waals surface area (Å²) in [5, 5.41) is 9.93. The smallest absolute Gasteiger partial charge is 0.435 e. The molecule has 0 bridgehead atoms. The van der Waals surface area contributed by atoms with Gasteiger partial charge in [0.2, 0.25) is 0 Å². The molecule has 5 heterocycles. The molecule has 12 nitrogen and oxygen atoms in total. The molecule has 2 aromatic heterocycles. The maximum Gasteiger partial charge on any atom is 0.435 e. The summed E-state index contributed by atoms with van der Waals surface area (Å²) in [5.74, 6) is -1.56. The molecule has 3 aromatic rings. The van der Waals surface area contributed by atoms with Gasteiger partial charge in [-0.15, -0.1) is 0 Å². The first-order valence-electron chi connectivity index (χ1n) is 14.8. The SMILES string of the molecule is C=C(F)C(=O)N1CCN(c2nc(OC[C@@H]3CCCN3C)nc3cc(-c4nc(N)cnc4C(F)(F)F)c4c(c23)OCC4)C[C@@H]1CC#N. The number of halogens is 4. The average molecular weight is 642 g/mol. The van der Waals surface area contributed by atoms with Crippen molar-refractivity contribution < 1.29 is 31.8 Å². The van der Waals surface area contributed by atoms with Gasteiger partial charge in [0.15, 0.2) is 11.5 Å². The number of likely N-dealkylation sites (tertiary alicyclic amines) is 1. The zero-order valence-corrected chi connectivity index (χ0v) is 25.0. The van der Waals surface area contributed by atoms with Gasteiger partial charge < -0.3 is 29.9 Å². The van der Waals surface area contributed by atoms with Crippen molar-refractivity contribution in [1.29, 1.82) is 5.26 Å². The summed E-state index contributed by atoms with van der Waals surface area (Å²) < 4.78 is 68.3. The van der Waals surface area contributed by atoms with Gasteiger partial charge in [-0.1, -0.05) is 6.58 Å². The third-order valence-corrected chi connectivity index (χ3v) is 8.60. The van der Waals surface area contributed by atoms with Gasteiger partial charge in [-0.2, -0.15) is 28.4 Å². The van der Waals surface area contributed by atoms with Gasteiger partial charge in [0.05, 0.1) is 42.2 Å². The number of amides is 1. The van der Waals surface area contributed by atoms with Crippen molar-refractivity contribution in [2.45, 2.75) is 43.9 Å². The van der Waals surface area contributed by atoms with Crippen LogP contribution in [0, 0.1) is 11.3 Å². The van der Waals surface area contributed by atoms with Gasteiger partial charge in [0, 0.05) is 43.2 Å². The highest BCUT2D eigenvalue weighted by atomic mass is 19.4. The topological polar surface area (TPSA) is 147 Å². The number of aromatic nitrogens is 4. The molecule has 6 rings (SSSR count). The zero-order valence-electron chi connectivity index (χ0n) is 25.0. The molecule has 0 saturated carbocycles. The Balaban J connectivity index is 1.50. The second kappa shape index (κ2) is 12.2. The van der Waals surface area contributed by atoms with Crippen molar-refractivity contribution in [2.75, 3.05) is 57.1 Å². The fraction of sp³-hybridized carbons (Fsp3) is 0.467. The maximum absolute atomic E-state index is 14.1. The molecule has 46 heavy (non-hydrogen) atoms. The van der Waals surface area contributed by atoms with Crippen molar-refractivity contribution in [1.82, 2.24) is 29.7 Å². The predicted octanol–water partition coefficient (Wildman–Crippen LogP) is 3.51. The zero-order chi connectivity index (χ0) is 32.7. The van der Waals surface area contributed by atoms with E-state index < -0.39 is 35.3 Å². The standard InChI is InChI=1S/C30H31F4N9O3/c1-16(31)28(44)43-10-9-42(14-17(43)5-7-35)27-23-21(38-29(40-27)46-15-18-4-3-8-41(18)2)12-20(19-6-11-45-25(19)23)24-26(30(32,33)34)37-13-22(36)39-24/h12-13,17-18H,1,3-6,8-11,14-15H2,2H3,(H2,36,39)/t17-,18-/m0/s1. The van der Waals surface area contributed by atoms with Crippen LogP contribution >= 0.6 is 0 Å². The molecule has 1 amide bonds. The first-order valence-corrected chi connectivity index (χ1v) is 14.8. The highest BCUT2D eigenvalue weighted by molar-refractivity contribution is 6.00. The molecule has 0 aliphatic carbocycles. The molecule has 3 aliphatic heterocycles. The summed E-state index contributed by atoms with van der Waals surface area (Å²) in [5.41, 5.74) is 4.98. The fourth-order valence-electron chi connectivity index (χ4n) is 6.34. The summed E-state index contributed by atoms with van der Waals surface area (Å²) in [7, 11) is 1.99. The number of benzene rings is 1. The quantitative estimate of drug-likeness (QED) is 0.299. The Kier molecular flexibility index (Phi) is 8.28. The van der Waals surface area contributed by atoms with Crippen LogP contribution in [-0.2, 0) is 17.4 Å². The number of rotatable bonds is 7. The second-order valence-electron chi connectivity index (χ2n) is 11.5. The number of nitrogen functional groups attached to an aromatic ring is 1. The lowest BCUT2D eigenvalue weighted by molar-refractivity contribution is -0.140. The normalized spacial score (nSPS) is 20.0. The largest absolute Gasteiger partial charge is 0.492 e. The summed E-state index contributed by atoms with van der Waals surface area (Å²) in [6.07, 6.45) is -1.83. The number of nitrogens with two attached hydrogens (primary N) is 1. The Morgan fingerprint density at radius 3 is 2.74 bits per heavy atom. The van der Waals surface area contributed by atoms with E-state index in [1.54, 1.807) is 0 Å². The molecule has 2 fully saturated rings. The van der Waals surface area contributed by atoms with E-state index in [1.807, 2.05) is 11.9 Å². The number of nitriles is 1. The first-order chi connectivity index (χ1) is 22.0. The van der Waals surface area contributed by atoms with Gasteiger partial charge in [-0.3, -0.25) is 4.79 Å². The van der Waals surface area contributed by atoms with Gasteiger partial charge in [0.25, 0.3) is 5.91 Å². The molecule has 0 radical (unpaired) electrons. The Labute approximate surface area is 261 Å². The fourth-order valence-corrected chi connectivity index (χ4v) is 6.34. The van der Waals surface area contributed by atoms with Crippen molar-refractivity contribution in [3.05, 3.63) is 35.9 Å². The number of piperazine rings is 1. The van der Waals surface area contributed by atoms with Gasteiger partial charge in [0.1, 0.15) is 29.7 Å². The number of nitrogens with zero attached hydrogens (tertiary/aromatic N) is 8. The van der Waals surface area contributed by atoms with Gasteiger partial charge in [-0.05, 0) is 32.5 Å². The number of anilines is 2. The molecular weight excluding hydrogens is 610 g/mol. The number of hydrogen-bond donors (Lipinski definition) is 1. The van der Waals surface area contributed by atoms with E-state index in [0.29, 0.717) is 16.8 Å². The number of fused-ring (bicyclic) bond motifs is 3. The van der Waals surface area contributed by atoms with E-state index in [4.69, 9.17) is 20.2 Å². The summed E-state index contributed by atoms with van der Waals surface area (Å²) in [6, 6.07) is 2.97. The van der Waals surface area contributed by atoms with Crippen molar-refractivity contribution >= 4 is 28.4 Å². The molecule has 2 saturated heterocycles. The van der Waals surface area contributed by atoms with E-state index in [-0.39, 0.29) is 80.4 Å². The second-order valence-corrected chi connectivity index (χ2v) is 11.5. The van der Waals surface area contributed by atoms with E-state index in [1.165, 1.54) is 11.0 Å². The molecule has 2 atom stereocenters. The molecule has 0 unspecified atom stereocenters. The Hall–Kier alpha value is -4.78.